The fraction of sp³-hybridized carbons (Fsp3) is 0.321. The highest BCUT2D eigenvalue weighted by Crippen LogP contribution is 2.33. The Balaban J connectivity index is 1.09. The number of nitrogens with one attached hydrogen (secondary N) is 1. The molecule has 0 radical (unpaired) electrons. The zero-order chi connectivity index (χ0) is 24.6. The molecule has 1 fully saturated rings. The van der Waals surface area contributed by atoms with Crippen molar-refractivity contribution in [2.75, 3.05) is 13.1 Å². The van der Waals surface area contributed by atoms with E-state index >= 15 is 0 Å². The number of hydrogen-bond acceptors (Lipinski definition) is 7. The van der Waals surface area contributed by atoms with Gasteiger partial charge < -0.3 is 9.64 Å². The number of imide groups is 1. The number of carbonyl (C=O) groups excluding carboxylic acids is 3. The Hall–Kier alpha value is -3.49. The monoisotopic (exact) mass is 501 g/mol. The van der Waals surface area contributed by atoms with E-state index in [1.165, 1.54) is 22.1 Å². The van der Waals surface area contributed by atoms with Crippen LogP contribution in [-0.2, 0) is 45.2 Å². The average Bonchev–Trinajstić information content (AvgIpc) is 3.51. The van der Waals surface area contributed by atoms with Gasteiger partial charge in [0.2, 0.25) is 17.6 Å². The molecule has 0 saturated carbocycles. The molecule has 0 spiro atoms. The summed E-state index contributed by atoms with van der Waals surface area (Å²) in [6, 6.07) is 10.2. The van der Waals surface area contributed by atoms with Gasteiger partial charge in [-0.1, -0.05) is 24.3 Å². The molecule has 1 aromatic heterocycles. The number of fused-ring (bicyclic) bond motifs is 2. The number of carbonyl (C=O) groups is 3. The summed E-state index contributed by atoms with van der Waals surface area (Å²) in [5.74, 6) is -0.359. The molecule has 3 aliphatic heterocycles. The van der Waals surface area contributed by atoms with Crippen LogP contribution >= 0.6 is 11.3 Å². The largest absolute Gasteiger partial charge is 0.484 e. The van der Waals surface area contributed by atoms with E-state index in [-0.39, 0.29) is 17.6 Å². The number of ether oxygens (including phenoxy) is 1. The summed E-state index contributed by atoms with van der Waals surface area (Å²) < 4.78 is 6.04. The lowest BCUT2D eigenvalue weighted by molar-refractivity contribution is -0.136. The zero-order valence-corrected chi connectivity index (χ0v) is 20.7. The third-order valence-electron chi connectivity index (χ3n) is 7.23. The fourth-order valence-electron chi connectivity index (χ4n) is 5.25. The van der Waals surface area contributed by atoms with E-state index in [2.05, 4.69) is 45.9 Å². The van der Waals surface area contributed by atoms with Crippen LogP contribution in [0.3, 0.4) is 0 Å². The van der Waals surface area contributed by atoms with E-state index in [4.69, 9.17) is 4.74 Å². The van der Waals surface area contributed by atoms with Crippen LogP contribution in [-0.4, -0.2) is 46.5 Å². The summed E-state index contributed by atoms with van der Waals surface area (Å²) in [6.45, 7) is 3.71. The highest BCUT2D eigenvalue weighted by atomic mass is 32.1. The summed E-state index contributed by atoms with van der Waals surface area (Å²) >= 11 is 1.84. The molecule has 4 aliphatic rings. The topological polar surface area (TPSA) is 79.0 Å². The molecule has 1 unspecified atom stereocenters. The Bertz CT molecular complexity index is 1320. The van der Waals surface area contributed by atoms with Gasteiger partial charge in [-0.15, -0.1) is 11.3 Å². The van der Waals surface area contributed by atoms with Crippen molar-refractivity contribution in [3.63, 3.8) is 0 Å². The van der Waals surface area contributed by atoms with Gasteiger partial charge >= 0.3 is 0 Å². The Labute approximate surface area is 213 Å². The number of thiophene rings is 1. The minimum Gasteiger partial charge on any atom is -0.484 e. The summed E-state index contributed by atoms with van der Waals surface area (Å²) in [5, 5.41) is 4.59. The molecule has 0 bridgehead atoms. The molecular formula is C28H27N3O4S. The number of allylic oxidation sites excluding steroid dienone is 2. The molecule has 6 rings (SSSR count). The van der Waals surface area contributed by atoms with Crippen molar-refractivity contribution in [3.8, 4) is 0 Å². The Morgan fingerprint density at radius 1 is 1.00 bits per heavy atom. The van der Waals surface area contributed by atoms with Crippen LogP contribution in [0.5, 0.6) is 0 Å². The highest BCUT2D eigenvalue weighted by molar-refractivity contribution is 7.10. The molecule has 1 saturated heterocycles. The van der Waals surface area contributed by atoms with E-state index in [9.17, 15) is 14.4 Å². The summed E-state index contributed by atoms with van der Waals surface area (Å²) in [7, 11) is 0. The van der Waals surface area contributed by atoms with Crippen LogP contribution in [0.4, 0.5) is 0 Å². The first-order chi connectivity index (χ1) is 17.5. The van der Waals surface area contributed by atoms with Gasteiger partial charge in [0.1, 0.15) is 12.6 Å². The van der Waals surface area contributed by atoms with E-state index < -0.39 is 6.04 Å². The molecule has 2 aromatic rings. The van der Waals surface area contributed by atoms with Gasteiger partial charge in [0.15, 0.2) is 5.76 Å². The van der Waals surface area contributed by atoms with Gasteiger partial charge in [0.05, 0.1) is 0 Å². The van der Waals surface area contributed by atoms with Crippen molar-refractivity contribution in [1.82, 2.24) is 15.1 Å². The van der Waals surface area contributed by atoms with Gasteiger partial charge in [-0.3, -0.25) is 24.6 Å². The predicted molar refractivity (Wildman–Crippen MR) is 136 cm³/mol. The number of hydrogen-bond donors (Lipinski definition) is 1. The van der Waals surface area contributed by atoms with E-state index in [1.54, 1.807) is 6.08 Å². The molecule has 7 nitrogen and oxygen atoms in total. The Morgan fingerprint density at radius 2 is 1.83 bits per heavy atom. The number of piperidine rings is 1. The van der Waals surface area contributed by atoms with Crippen molar-refractivity contribution in [2.45, 2.75) is 45.0 Å². The van der Waals surface area contributed by atoms with Crippen molar-refractivity contribution >= 4 is 28.9 Å². The summed E-state index contributed by atoms with van der Waals surface area (Å²) in [6.07, 6.45) is 7.06. The highest BCUT2D eigenvalue weighted by Gasteiger charge is 2.36. The van der Waals surface area contributed by atoms with Crippen LogP contribution in [0.25, 0.3) is 0 Å². The third-order valence-corrected chi connectivity index (χ3v) is 8.18. The lowest BCUT2D eigenvalue weighted by atomic mass is 10.00. The molecule has 1 N–H and O–H groups in total. The SMILES string of the molecule is O=C1CCC(N2C=C3C=CC(=O)C(OCc4ccc(CN5CCc6ccsc6C5)cc4)=C3C2)C(=O)N1. The number of benzene rings is 1. The molecule has 8 heteroatoms. The molecule has 184 valence electrons. The molecule has 1 aliphatic carbocycles. The van der Waals surface area contributed by atoms with Crippen LogP contribution in [0.1, 0.15) is 34.4 Å². The first kappa shape index (κ1) is 22.9. The van der Waals surface area contributed by atoms with E-state index in [1.807, 2.05) is 22.4 Å². The normalized spacial score (nSPS) is 21.9. The summed E-state index contributed by atoms with van der Waals surface area (Å²) in [5.41, 5.74) is 5.42. The maximum atomic E-state index is 12.6. The second-order valence-electron chi connectivity index (χ2n) is 9.66. The first-order valence-electron chi connectivity index (χ1n) is 12.3. The smallest absolute Gasteiger partial charge is 0.249 e. The minimum atomic E-state index is -0.420. The zero-order valence-electron chi connectivity index (χ0n) is 19.9. The van der Waals surface area contributed by atoms with Crippen molar-refractivity contribution in [2.24, 2.45) is 0 Å². The maximum absolute atomic E-state index is 12.6. The summed E-state index contributed by atoms with van der Waals surface area (Å²) in [4.78, 5) is 42.3. The minimum absolute atomic E-state index is 0.165. The maximum Gasteiger partial charge on any atom is 0.249 e. The first-order valence-corrected chi connectivity index (χ1v) is 13.2. The number of ketones is 1. The molecular weight excluding hydrogens is 474 g/mol. The second-order valence-corrected chi connectivity index (χ2v) is 10.7. The van der Waals surface area contributed by atoms with Crippen molar-refractivity contribution in [3.05, 3.63) is 92.5 Å². The third kappa shape index (κ3) is 4.54. The predicted octanol–water partition coefficient (Wildman–Crippen LogP) is 3.22. The average molecular weight is 502 g/mol. The van der Waals surface area contributed by atoms with Crippen LogP contribution < -0.4 is 5.32 Å². The lowest BCUT2D eigenvalue weighted by Crippen LogP contribution is -2.50. The molecule has 4 heterocycles. The van der Waals surface area contributed by atoms with Gasteiger partial charge in [0.25, 0.3) is 0 Å². The Kier molecular flexibility index (Phi) is 6.07. The number of nitrogens with zero attached hydrogens (tertiary/aromatic N) is 2. The number of amides is 2. The lowest BCUT2D eigenvalue weighted by Gasteiger charge is -2.29. The van der Waals surface area contributed by atoms with Crippen LogP contribution in [0.15, 0.2) is 71.0 Å². The van der Waals surface area contributed by atoms with Crippen LogP contribution in [0, 0.1) is 0 Å². The van der Waals surface area contributed by atoms with Gasteiger partial charge in [-0.2, -0.15) is 0 Å². The second kappa shape index (κ2) is 9.52. The molecule has 36 heavy (non-hydrogen) atoms. The molecule has 1 aromatic carbocycles. The van der Waals surface area contributed by atoms with Crippen molar-refractivity contribution < 1.29 is 19.1 Å². The van der Waals surface area contributed by atoms with Gasteiger partial charge in [-0.25, -0.2) is 0 Å². The number of rotatable bonds is 6. The van der Waals surface area contributed by atoms with Gasteiger partial charge in [-0.05, 0) is 58.7 Å². The molecule has 2 amide bonds. The Morgan fingerprint density at radius 3 is 2.67 bits per heavy atom. The quantitative estimate of drug-likeness (QED) is 0.613. The molecule has 1 atom stereocenters. The van der Waals surface area contributed by atoms with E-state index in [0.29, 0.717) is 31.8 Å². The standard InChI is InChI=1S/C28H27N3O4S/c32-24-7-5-21-14-31(23-6-8-26(33)29-28(23)34)15-22(21)27(24)35-17-19-3-1-18(2-4-19)13-30-11-9-20-10-12-36-25(20)16-30/h1-5,7,10,12,14,23H,6,8-9,11,13,15-17H2,(H,29,33,34). The fourth-order valence-corrected chi connectivity index (χ4v) is 6.22. The van der Waals surface area contributed by atoms with Gasteiger partial charge in [0, 0.05) is 49.3 Å². The van der Waals surface area contributed by atoms with E-state index in [0.717, 1.165) is 42.8 Å². The van der Waals surface area contributed by atoms with Crippen molar-refractivity contribution in [1.29, 1.82) is 0 Å². The van der Waals surface area contributed by atoms with Crippen LogP contribution in [0.2, 0.25) is 0 Å².